The highest BCUT2D eigenvalue weighted by Gasteiger charge is 2.35. The van der Waals surface area contributed by atoms with Gasteiger partial charge in [-0.25, -0.2) is 0 Å². The molecule has 0 aromatic heterocycles. The molecule has 1 rings (SSSR count). The third-order valence-corrected chi connectivity index (χ3v) is 2.25. The fraction of sp³-hybridized carbons (Fsp3) is 0.333. The maximum absolute atomic E-state index is 11.4. The fourth-order valence-electron chi connectivity index (χ4n) is 1.32. The molecule has 1 heterocycles. The second kappa shape index (κ2) is 3.42. The van der Waals surface area contributed by atoms with E-state index in [4.69, 9.17) is 10.7 Å². The van der Waals surface area contributed by atoms with Crippen LogP contribution in [0.2, 0.25) is 0 Å². The highest BCUT2D eigenvalue weighted by Crippen LogP contribution is 2.22. The summed E-state index contributed by atoms with van der Waals surface area (Å²) in [5, 5.41) is 15.8. The van der Waals surface area contributed by atoms with Crippen LogP contribution in [-0.4, -0.2) is 30.0 Å². The summed E-state index contributed by atoms with van der Waals surface area (Å²) >= 11 is 0. The molecule has 0 spiro atoms. The van der Waals surface area contributed by atoms with E-state index in [1.165, 1.54) is 14.0 Å². The van der Waals surface area contributed by atoms with Crippen molar-refractivity contribution in [1.82, 2.24) is 4.90 Å². The number of amides is 2. The summed E-state index contributed by atoms with van der Waals surface area (Å²) in [5.74, 6) is -1.82. The topological polar surface area (TPSA) is 85.0 Å². The molecule has 14 heavy (non-hydrogen) atoms. The van der Waals surface area contributed by atoms with Gasteiger partial charge in [-0.05, 0) is 12.5 Å². The van der Waals surface area contributed by atoms with Crippen LogP contribution in [-0.2, 0) is 9.59 Å². The molecule has 72 valence electrons. The number of likely N-dealkylation sites (N-methyl/N-ethyl adjacent to an activating group) is 1. The molecule has 0 saturated carbocycles. The van der Waals surface area contributed by atoms with Crippen LogP contribution < -0.4 is 0 Å². The molecule has 1 atom stereocenters. The number of hydrogen-bond donors (Lipinski definition) is 1. The average Bonchev–Trinajstić information content (AvgIpc) is 2.16. The van der Waals surface area contributed by atoms with Gasteiger partial charge in [0.15, 0.2) is 0 Å². The number of nitriles is 1. The number of carbonyl (C=O) groups excluding carboxylic acids is 2. The van der Waals surface area contributed by atoms with Gasteiger partial charge < -0.3 is 5.41 Å². The van der Waals surface area contributed by atoms with Crippen LogP contribution in [0.25, 0.3) is 0 Å². The summed E-state index contributed by atoms with van der Waals surface area (Å²) in [7, 11) is 1.31. The molecule has 0 unspecified atom stereocenters. The Hall–Kier alpha value is -1.96. The fourth-order valence-corrected chi connectivity index (χ4v) is 1.32. The Balaban J connectivity index is 3.34. The summed E-state index contributed by atoms with van der Waals surface area (Å²) in [5.41, 5.74) is 0.316. The third-order valence-electron chi connectivity index (χ3n) is 2.25. The molecule has 0 radical (unpaired) electrons. The van der Waals surface area contributed by atoms with Gasteiger partial charge in [-0.1, -0.05) is 0 Å². The van der Waals surface area contributed by atoms with Crippen LogP contribution >= 0.6 is 0 Å². The van der Waals surface area contributed by atoms with Gasteiger partial charge in [0.2, 0.25) is 5.91 Å². The predicted octanol–water partition coefficient (Wildman–Crippen LogP) is 0.0909. The number of rotatable bonds is 1. The first-order valence-electron chi connectivity index (χ1n) is 3.98. The summed E-state index contributed by atoms with van der Waals surface area (Å²) in [6, 6.07) is 1.75. The Morgan fingerprint density at radius 3 is 2.57 bits per heavy atom. The molecule has 0 aromatic rings. The van der Waals surface area contributed by atoms with Crippen molar-refractivity contribution < 1.29 is 9.59 Å². The van der Waals surface area contributed by atoms with Crippen LogP contribution in [0.3, 0.4) is 0 Å². The summed E-state index contributed by atoms with van der Waals surface area (Å²) in [6.45, 7) is 1.52. The first kappa shape index (κ1) is 10.1. The van der Waals surface area contributed by atoms with Crippen molar-refractivity contribution in [2.45, 2.75) is 6.92 Å². The first-order chi connectivity index (χ1) is 6.54. The lowest BCUT2D eigenvalue weighted by Gasteiger charge is -2.26. The Bertz CT molecular complexity index is 389. The maximum atomic E-state index is 11.4. The normalized spacial score (nSPS) is 22.4. The van der Waals surface area contributed by atoms with E-state index in [2.05, 4.69) is 0 Å². The van der Waals surface area contributed by atoms with Gasteiger partial charge in [0, 0.05) is 13.3 Å². The molecular formula is C9H9N3O2. The van der Waals surface area contributed by atoms with Crippen LogP contribution in [0.4, 0.5) is 0 Å². The Morgan fingerprint density at radius 2 is 2.14 bits per heavy atom. The SMILES string of the molecule is CC1=C(C#N)C(=O)N(C)C(=O)[C@@H]1C=N. The molecule has 0 aromatic carbocycles. The van der Waals surface area contributed by atoms with Crippen molar-refractivity contribution in [3.8, 4) is 6.07 Å². The van der Waals surface area contributed by atoms with Crippen molar-refractivity contribution in [1.29, 1.82) is 10.7 Å². The van der Waals surface area contributed by atoms with Crippen molar-refractivity contribution in [3.63, 3.8) is 0 Å². The standard InChI is InChI=1S/C9H9N3O2/c1-5-6(3-10)8(13)12(2)9(14)7(5)4-11/h3,6,10H,1-2H3/t6-/m1/s1. The van der Waals surface area contributed by atoms with Gasteiger partial charge in [-0.15, -0.1) is 0 Å². The molecule has 5 nitrogen and oxygen atoms in total. The van der Waals surface area contributed by atoms with E-state index < -0.39 is 17.7 Å². The number of imide groups is 1. The van der Waals surface area contributed by atoms with Gasteiger partial charge in [0.1, 0.15) is 11.6 Å². The lowest BCUT2D eigenvalue weighted by molar-refractivity contribution is -0.142. The molecule has 0 fully saturated rings. The lowest BCUT2D eigenvalue weighted by Crippen LogP contribution is -2.44. The molecule has 1 N–H and O–H groups in total. The van der Waals surface area contributed by atoms with Crippen LogP contribution in [0.15, 0.2) is 11.1 Å². The maximum Gasteiger partial charge on any atom is 0.270 e. The quantitative estimate of drug-likeness (QED) is 0.470. The zero-order valence-electron chi connectivity index (χ0n) is 7.87. The van der Waals surface area contributed by atoms with E-state index in [1.54, 1.807) is 6.07 Å². The average molecular weight is 191 g/mol. The monoisotopic (exact) mass is 191 g/mol. The van der Waals surface area contributed by atoms with E-state index in [-0.39, 0.29) is 5.57 Å². The number of carbonyl (C=O) groups is 2. The highest BCUT2D eigenvalue weighted by molar-refractivity contribution is 6.15. The Morgan fingerprint density at radius 1 is 1.57 bits per heavy atom. The van der Waals surface area contributed by atoms with Crippen LogP contribution in [0.5, 0.6) is 0 Å². The van der Waals surface area contributed by atoms with Crippen molar-refractivity contribution in [3.05, 3.63) is 11.1 Å². The first-order valence-corrected chi connectivity index (χ1v) is 3.98. The largest absolute Gasteiger partial charge is 0.312 e. The minimum absolute atomic E-state index is 0.0411. The zero-order valence-corrected chi connectivity index (χ0v) is 7.87. The lowest BCUT2D eigenvalue weighted by atomic mass is 9.91. The van der Waals surface area contributed by atoms with E-state index >= 15 is 0 Å². The zero-order chi connectivity index (χ0) is 10.9. The second-order valence-corrected chi connectivity index (χ2v) is 3.02. The smallest absolute Gasteiger partial charge is 0.270 e. The number of nitrogens with one attached hydrogen (secondary N) is 1. The molecule has 1 aliphatic heterocycles. The Labute approximate surface area is 81.1 Å². The summed E-state index contributed by atoms with van der Waals surface area (Å²) in [4.78, 5) is 23.7. The number of nitrogens with zero attached hydrogens (tertiary/aromatic N) is 2. The second-order valence-electron chi connectivity index (χ2n) is 3.02. The molecule has 5 heteroatoms. The minimum Gasteiger partial charge on any atom is -0.312 e. The molecule has 0 bridgehead atoms. The minimum atomic E-state index is -0.771. The molecular weight excluding hydrogens is 182 g/mol. The van der Waals surface area contributed by atoms with Gasteiger partial charge in [-0.2, -0.15) is 5.26 Å². The molecule has 0 aliphatic carbocycles. The van der Waals surface area contributed by atoms with Gasteiger partial charge in [0.25, 0.3) is 5.91 Å². The third kappa shape index (κ3) is 1.21. The highest BCUT2D eigenvalue weighted by atomic mass is 16.2. The van der Waals surface area contributed by atoms with E-state index in [1.807, 2.05) is 0 Å². The summed E-state index contributed by atoms with van der Waals surface area (Å²) < 4.78 is 0. The Kier molecular flexibility index (Phi) is 2.47. The van der Waals surface area contributed by atoms with Gasteiger partial charge >= 0.3 is 0 Å². The van der Waals surface area contributed by atoms with Crippen LogP contribution in [0.1, 0.15) is 6.92 Å². The summed E-state index contributed by atoms with van der Waals surface area (Å²) in [6.07, 6.45) is 0.942. The van der Waals surface area contributed by atoms with Crippen LogP contribution in [0, 0.1) is 22.7 Å². The van der Waals surface area contributed by atoms with Crippen molar-refractivity contribution >= 4 is 18.0 Å². The molecule has 2 amide bonds. The van der Waals surface area contributed by atoms with Crippen molar-refractivity contribution in [2.24, 2.45) is 5.92 Å². The van der Waals surface area contributed by atoms with E-state index in [9.17, 15) is 9.59 Å². The van der Waals surface area contributed by atoms with Gasteiger partial charge in [-0.3, -0.25) is 14.5 Å². The predicted molar refractivity (Wildman–Crippen MR) is 48.4 cm³/mol. The number of hydrogen-bond acceptors (Lipinski definition) is 4. The van der Waals surface area contributed by atoms with Crippen molar-refractivity contribution in [2.75, 3.05) is 7.05 Å². The van der Waals surface area contributed by atoms with E-state index in [0.717, 1.165) is 11.1 Å². The molecule has 1 aliphatic rings. The van der Waals surface area contributed by atoms with E-state index in [0.29, 0.717) is 5.57 Å². The molecule has 0 saturated heterocycles. The van der Waals surface area contributed by atoms with Gasteiger partial charge in [0.05, 0.1) is 5.92 Å².